The maximum absolute atomic E-state index is 13.1. The number of rotatable bonds is 3. The summed E-state index contributed by atoms with van der Waals surface area (Å²) >= 11 is 0. The van der Waals surface area contributed by atoms with Gasteiger partial charge in [-0.15, -0.1) is 0 Å². The average molecular weight is 208 g/mol. The first kappa shape index (κ1) is 10.6. The fourth-order valence-electron chi connectivity index (χ4n) is 2.14. The van der Waals surface area contributed by atoms with Crippen LogP contribution in [0.15, 0.2) is 12.1 Å². The van der Waals surface area contributed by atoms with Crippen molar-refractivity contribution in [1.82, 2.24) is 10.3 Å². The zero-order valence-electron chi connectivity index (χ0n) is 9.09. The number of hydrogen-bond donors (Lipinski definition) is 1. The van der Waals surface area contributed by atoms with Crippen molar-refractivity contribution in [3.63, 3.8) is 0 Å². The molecule has 1 atom stereocenters. The van der Waals surface area contributed by atoms with E-state index in [0.29, 0.717) is 0 Å². The quantitative estimate of drug-likeness (QED) is 0.772. The highest BCUT2D eigenvalue weighted by molar-refractivity contribution is 5.25. The second-order valence-corrected chi connectivity index (χ2v) is 4.08. The van der Waals surface area contributed by atoms with Gasteiger partial charge in [-0.2, -0.15) is 4.39 Å². The van der Waals surface area contributed by atoms with E-state index in [2.05, 4.69) is 17.2 Å². The van der Waals surface area contributed by atoms with Crippen molar-refractivity contribution in [3.8, 4) is 0 Å². The zero-order chi connectivity index (χ0) is 10.7. The van der Waals surface area contributed by atoms with Crippen molar-refractivity contribution in [1.29, 1.82) is 0 Å². The van der Waals surface area contributed by atoms with Gasteiger partial charge in [-0.25, -0.2) is 4.98 Å². The normalized spacial score (nSPS) is 20.0. The minimum atomic E-state index is -0.362. The Morgan fingerprint density at radius 1 is 1.53 bits per heavy atom. The molecular weight excluding hydrogens is 191 g/mol. The van der Waals surface area contributed by atoms with Crippen LogP contribution in [0.3, 0.4) is 0 Å². The Morgan fingerprint density at radius 3 is 3.20 bits per heavy atom. The van der Waals surface area contributed by atoms with Gasteiger partial charge in [-0.3, -0.25) is 0 Å². The van der Waals surface area contributed by atoms with Gasteiger partial charge in [0.25, 0.3) is 0 Å². The molecule has 2 rings (SSSR count). The highest BCUT2D eigenvalue weighted by Crippen LogP contribution is 2.27. The molecule has 0 saturated heterocycles. The molecule has 0 saturated carbocycles. The Morgan fingerprint density at radius 2 is 2.40 bits per heavy atom. The lowest BCUT2D eigenvalue weighted by Gasteiger charge is -2.25. The smallest absolute Gasteiger partial charge is 0.213 e. The lowest BCUT2D eigenvalue weighted by atomic mass is 9.92. The predicted octanol–water partition coefficient (Wildman–Crippen LogP) is 2.60. The lowest BCUT2D eigenvalue weighted by molar-refractivity contribution is 0.438. The molecule has 1 aromatic rings. The van der Waals surface area contributed by atoms with Crippen LogP contribution in [0, 0.1) is 5.95 Å². The minimum absolute atomic E-state index is 0.254. The SMILES string of the molecule is CCCNC1CCCc2ccc(F)nc21. The Balaban J connectivity index is 2.20. The minimum Gasteiger partial charge on any atom is -0.309 e. The van der Waals surface area contributed by atoms with E-state index in [0.717, 1.165) is 31.5 Å². The third-order valence-electron chi connectivity index (χ3n) is 2.89. The number of aryl methyl sites for hydroxylation is 1. The summed E-state index contributed by atoms with van der Waals surface area (Å²) in [6, 6.07) is 3.59. The molecule has 0 radical (unpaired) electrons. The maximum Gasteiger partial charge on any atom is 0.213 e. The van der Waals surface area contributed by atoms with E-state index in [1.54, 1.807) is 0 Å². The Kier molecular flexibility index (Phi) is 3.31. The molecule has 1 aromatic heterocycles. The number of pyridine rings is 1. The van der Waals surface area contributed by atoms with E-state index >= 15 is 0 Å². The van der Waals surface area contributed by atoms with Crippen LogP contribution in [-0.4, -0.2) is 11.5 Å². The van der Waals surface area contributed by atoms with Crippen LogP contribution in [0.25, 0.3) is 0 Å². The molecule has 0 aliphatic heterocycles. The van der Waals surface area contributed by atoms with Crippen LogP contribution >= 0.6 is 0 Å². The molecule has 1 aliphatic carbocycles. The van der Waals surface area contributed by atoms with Gasteiger partial charge in [0.05, 0.1) is 5.69 Å². The van der Waals surface area contributed by atoms with E-state index in [1.165, 1.54) is 18.1 Å². The summed E-state index contributed by atoms with van der Waals surface area (Å²) in [4.78, 5) is 4.02. The van der Waals surface area contributed by atoms with E-state index in [1.807, 2.05) is 6.07 Å². The van der Waals surface area contributed by atoms with Crippen molar-refractivity contribution in [3.05, 3.63) is 29.3 Å². The number of fused-ring (bicyclic) bond motifs is 1. The van der Waals surface area contributed by atoms with Gasteiger partial charge in [-0.1, -0.05) is 13.0 Å². The fourth-order valence-corrected chi connectivity index (χ4v) is 2.14. The van der Waals surface area contributed by atoms with Crippen molar-refractivity contribution < 1.29 is 4.39 Å². The summed E-state index contributed by atoms with van der Waals surface area (Å²) in [6.45, 7) is 3.11. The van der Waals surface area contributed by atoms with Crippen LogP contribution < -0.4 is 5.32 Å². The predicted molar refractivity (Wildman–Crippen MR) is 58.2 cm³/mol. The van der Waals surface area contributed by atoms with E-state index in [-0.39, 0.29) is 12.0 Å². The van der Waals surface area contributed by atoms with E-state index in [9.17, 15) is 4.39 Å². The van der Waals surface area contributed by atoms with E-state index < -0.39 is 0 Å². The number of nitrogens with zero attached hydrogens (tertiary/aromatic N) is 1. The van der Waals surface area contributed by atoms with Gasteiger partial charge in [0.1, 0.15) is 0 Å². The van der Waals surface area contributed by atoms with Crippen LogP contribution in [0.5, 0.6) is 0 Å². The van der Waals surface area contributed by atoms with Gasteiger partial charge in [-0.05, 0) is 43.9 Å². The first-order valence-electron chi connectivity index (χ1n) is 5.70. The summed E-state index contributed by atoms with van der Waals surface area (Å²) in [5, 5.41) is 3.43. The lowest BCUT2D eigenvalue weighted by Crippen LogP contribution is -2.27. The number of aromatic nitrogens is 1. The van der Waals surface area contributed by atoms with Crippen LogP contribution in [0.4, 0.5) is 4.39 Å². The average Bonchev–Trinajstić information content (AvgIpc) is 2.26. The molecule has 1 N–H and O–H groups in total. The van der Waals surface area contributed by atoms with Gasteiger partial charge < -0.3 is 5.32 Å². The topological polar surface area (TPSA) is 24.9 Å². The number of hydrogen-bond acceptors (Lipinski definition) is 2. The molecule has 1 heterocycles. The fraction of sp³-hybridized carbons (Fsp3) is 0.583. The monoisotopic (exact) mass is 208 g/mol. The molecule has 0 amide bonds. The molecule has 82 valence electrons. The molecule has 2 nitrogen and oxygen atoms in total. The molecule has 0 fully saturated rings. The van der Waals surface area contributed by atoms with Gasteiger partial charge in [0.15, 0.2) is 0 Å². The second-order valence-electron chi connectivity index (χ2n) is 4.08. The van der Waals surface area contributed by atoms with Gasteiger partial charge in [0, 0.05) is 6.04 Å². The Bertz CT molecular complexity index is 338. The van der Waals surface area contributed by atoms with Crippen molar-refractivity contribution in [2.75, 3.05) is 6.54 Å². The van der Waals surface area contributed by atoms with Gasteiger partial charge in [0.2, 0.25) is 5.95 Å². The maximum atomic E-state index is 13.1. The van der Waals surface area contributed by atoms with Crippen LogP contribution in [-0.2, 0) is 6.42 Å². The second kappa shape index (κ2) is 4.71. The highest BCUT2D eigenvalue weighted by Gasteiger charge is 2.21. The molecule has 0 aromatic carbocycles. The molecule has 15 heavy (non-hydrogen) atoms. The first-order chi connectivity index (χ1) is 7.31. The number of nitrogens with one attached hydrogen (secondary N) is 1. The largest absolute Gasteiger partial charge is 0.309 e. The highest BCUT2D eigenvalue weighted by atomic mass is 19.1. The molecule has 0 spiro atoms. The molecular formula is C12H17FN2. The Labute approximate surface area is 89.9 Å². The number of halogens is 1. The van der Waals surface area contributed by atoms with Crippen molar-refractivity contribution >= 4 is 0 Å². The molecule has 3 heteroatoms. The van der Waals surface area contributed by atoms with Crippen molar-refractivity contribution in [2.45, 2.75) is 38.6 Å². The molecule has 1 aliphatic rings. The van der Waals surface area contributed by atoms with Gasteiger partial charge >= 0.3 is 0 Å². The third kappa shape index (κ3) is 2.34. The molecule has 1 unspecified atom stereocenters. The summed E-state index contributed by atoms with van der Waals surface area (Å²) in [7, 11) is 0. The standard InChI is InChI=1S/C12H17FN2/c1-2-8-14-10-5-3-4-9-6-7-11(13)15-12(9)10/h6-7,10,14H,2-5,8H2,1H3. The van der Waals surface area contributed by atoms with Crippen LogP contribution in [0.2, 0.25) is 0 Å². The van der Waals surface area contributed by atoms with Crippen LogP contribution in [0.1, 0.15) is 43.5 Å². The van der Waals surface area contributed by atoms with Crippen molar-refractivity contribution in [2.24, 2.45) is 0 Å². The zero-order valence-corrected chi connectivity index (χ0v) is 9.09. The Hall–Kier alpha value is -0.960. The third-order valence-corrected chi connectivity index (χ3v) is 2.89. The van der Waals surface area contributed by atoms with E-state index in [4.69, 9.17) is 0 Å². The first-order valence-corrected chi connectivity index (χ1v) is 5.70. The summed E-state index contributed by atoms with van der Waals surface area (Å²) in [6.07, 6.45) is 4.37. The summed E-state index contributed by atoms with van der Waals surface area (Å²) < 4.78 is 13.1. The molecule has 0 bridgehead atoms. The summed E-state index contributed by atoms with van der Waals surface area (Å²) in [5.41, 5.74) is 2.13. The summed E-state index contributed by atoms with van der Waals surface area (Å²) in [5.74, 6) is -0.362.